The summed E-state index contributed by atoms with van der Waals surface area (Å²) in [5, 5.41) is 14.7. The highest BCUT2D eigenvalue weighted by molar-refractivity contribution is 5.97. The second-order valence-electron chi connectivity index (χ2n) is 10.8. The van der Waals surface area contributed by atoms with E-state index in [0.717, 1.165) is 36.5 Å². The van der Waals surface area contributed by atoms with Crippen LogP contribution in [0.4, 0.5) is 8.78 Å². The Kier molecular flexibility index (Phi) is 9.55. The van der Waals surface area contributed by atoms with Gasteiger partial charge in [0.1, 0.15) is 11.6 Å². The lowest BCUT2D eigenvalue weighted by Gasteiger charge is -2.28. The molecule has 1 heterocycles. The third-order valence-corrected chi connectivity index (χ3v) is 7.78. The molecule has 1 saturated carbocycles. The molecule has 0 unspecified atom stereocenters. The fraction of sp³-hybridized carbons (Fsp3) is 0.375. The van der Waals surface area contributed by atoms with Crippen molar-refractivity contribution in [3.63, 3.8) is 0 Å². The number of pyridine rings is 1. The van der Waals surface area contributed by atoms with E-state index in [4.69, 9.17) is 0 Å². The van der Waals surface area contributed by atoms with Gasteiger partial charge in [0.05, 0.1) is 12.5 Å². The highest BCUT2D eigenvalue weighted by Gasteiger charge is 2.30. The van der Waals surface area contributed by atoms with E-state index in [2.05, 4.69) is 10.6 Å². The van der Waals surface area contributed by atoms with Gasteiger partial charge in [0, 0.05) is 17.8 Å². The van der Waals surface area contributed by atoms with Crippen LogP contribution in [0, 0.1) is 25.5 Å². The summed E-state index contributed by atoms with van der Waals surface area (Å²) in [5.41, 5.74) is 1.74. The number of rotatable bonds is 11. The molecule has 3 aromatic rings. The summed E-state index contributed by atoms with van der Waals surface area (Å²) in [5.74, 6) is -5.31. The Hall–Kier alpha value is -4.34. The first-order chi connectivity index (χ1) is 20.0. The number of carbonyl (C=O) groups excluding carboxylic acids is 2. The third kappa shape index (κ3) is 6.58. The second kappa shape index (κ2) is 13.1. The van der Waals surface area contributed by atoms with Crippen LogP contribution in [0.1, 0.15) is 84.6 Å². The Labute approximate surface area is 242 Å². The van der Waals surface area contributed by atoms with Crippen molar-refractivity contribution in [3.05, 3.63) is 92.9 Å². The smallest absolute Gasteiger partial charge is 0.305 e. The SMILES string of the molecule is CCC[C@H](NC(=O)c1cccn(C2CCC2)c1=O)C(=O)N[C@@H](CC(=O)O)c1cc(-c2c(C)cccc2C)cc(F)c1F. The Morgan fingerprint density at radius 3 is 2.33 bits per heavy atom. The van der Waals surface area contributed by atoms with Crippen molar-refractivity contribution in [1.82, 2.24) is 15.2 Å². The zero-order valence-electron chi connectivity index (χ0n) is 23.9. The molecule has 2 amide bonds. The van der Waals surface area contributed by atoms with Gasteiger partial charge in [-0.3, -0.25) is 19.2 Å². The quantitative estimate of drug-likeness (QED) is 0.283. The predicted molar refractivity (Wildman–Crippen MR) is 154 cm³/mol. The average Bonchev–Trinajstić information content (AvgIpc) is 2.89. The molecular formula is C32H35F2N3O5. The van der Waals surface area contributed by atoms with Crippen LogP contribution in [0.15, 0.2) is 53.5 Å². The molecule has 4 rings (SSSR count). The summed E-state index contributed by atoms with van der Waals surface area (Å²) in [6.07, 6.45) is 4.24. The largest absolute Gasteiger partial charge is 0.481 e. The molecule has 0 bridgehead atoms. The number of carboxylic acid groups (broad SMARTS) is 1. The van der Waals surface area contributed by atoms with E-state index < -0.39 is 53.5 Å². The van der Waals surface area contributed by atoms with Gasteiger partial charge in [-0.15, -0.1) is 0 Å². The Morgan fingerprint density at radius 1 is 1.05 bits per heavy atom. The molecule has 3 N–H and O–H groups in total. The summed E-state index contributed by atoms with van der Waals surface area (Å²) >= 11 is 0. The van der Waals surface area contributed by atoms with E-state index in [1.165, 1.54) is 16.7 Å². The van der Waals surface area contributed by atoms with E-state index in [-0.39, 0.29) is 23.6 Å². The van der Waals surface area contributed by atoms with Crippen molar-refractivity contribution in [2.75, 3.05) is 0 Å². The Bertz CT molecular complexity index is 1540. The Morgan fingerprint density at radius 2 is 1.74 bits per heavy atom. The first kappa shape index (κ1) is 30.6. The molecule has 0 aliphatic heterocycles. The van der Waals surface area contributed by atoms with E-state index in [0.29, 0.717) is 17.5 Å². The summed E-state index contributed by atoms with van der Waals surface area (Å²) in [6, 6.07) is 8.32. The monoisotopic (exact) mass is 579 g/mol. The van der Waals surface area contributed by atoms with Crippen molar-refractivity contribution >= 4 is 17.8 Å². The molecule has 0 radical (unpaired) electrons. The van der Waals surface area contributed by atoms with Gasteiger partial charge >= 0.3 is 5.97 Å². The number of nitrogens with zero attached hydrogens (tertiary/aromatic N) is 1. The van der Waals surface area contributed by atoms with Gasteiger partial charge in [-0.2, -0.15) is 0 Å². The number of aryl methyl sites for hydroxylation is 2. The topological polar surface area (TPSA) is 118 Å². The minimum absolute atomic E-state index is 0.0336. The van der Waals surface area contributed by atoms with Crippen molar-refractivity contribution in [2.24, 2.45) is 0 Å². The molecule has 10 heteroatoms. The number of hydrogen-bond donors (Lipinski definition) is 3. The minimum atomic E-state index is -1.43. The van der Waals surface area contributed by atoms with Crippen molar-refractivity contribution in [2.45, 2.75) is 77.4 Å². The lowest BCUT2D eigenvalue weighted by atomic mass is 9.92. The van der Waals surface area contributed by atoms with Crippen LogP contribution >= 0.6 is 0 Å². The first-order valence-electron chi connectivity index (χ1n) is 14.1. The van der Waals surface area contributed by atoms with Gasteiger partial charge in [0.15, 0.2) is 11.6 Å². The van der Waals surface area contributed by atoms with Crippen molar-refractivity contribution in [3.8, 4) is 11.1 Å². The molecule has 0 saturated heterocycles. The normalized spacial score (nSPS) is 14.5. The number of halogens is 2. The number of aliphatic carboxylic acids is 1. The lowest BCUT2D eigenvalue weighted by Crippen LogP contribution is -2.49. The molecular weight excluding hydrogens is 544 g/mol. The standard InChI is InChI=1S/C32H35F2N3O5/c1-4-8-25(35-30(40)22-13-7-14-37(32(22)42)21-11-6-12-21)31(41)36-26(17-27(38)39)23-15-20(16-24(33)29(23)34)28-18(2)9-5-10-19(28)3/h5,7,9-10,13-16,21,25-26H,4,6,8,11-12,17H2,1-3H3,(H,35,40)(H,36,41)(H,38,39)/t25-,26-/m0/s1. The summed E-state index contributed by atoms with van der Waals surface area (Å²) in [6.45, 7) is 5.44. The zero-order valence-corrected chi connectivity index (χ0v) is 23.9. The lowest BCUT2D eigenvalue weighted by molar-refractivity contribution is -0.137. The first-order valence-corrected chi connectivity index (χ1v) is 14.1. The average molecular weight is 580 g/mol. The van der Waals surface area contributed by atoms with Gasteiger partial charge in [-0.05, 0) is 86.1 Å². The molecule has 222 valence electrons. The number of carboxylic acids is 1. The highest BCUT2D eigenvalue weighted by atomic mass is 19.2. The van der Waals surface area contributed by atoms with Crippen LogP contribution in [0.5, 0.6) is 0 Å². The van der Waals surface area contributed by atoms with Crippen LogP contribution in [-0.2, 0) is 9.59 Å². The molecule has 0 spiro atoms. The summed E-state index contributed by atoms with van der Waals surface area (Å²) in [4.78, 5) is 51.3. The fourth-order valence-electron chi connectivity index (χ4n) is 5.39. The van der Waals surface area contributed by atoms with Gasteiger partial charge in [-0.25, -0.2) is 8.78 Å². The number of aromatic nitrogens is 1. The number of nitrogens with one attached hydrogen (secondary N) is 2. The zero-order chi connectivity index (χ0) is 30.6. The molecule has 1 aromatic heterocycles. The maximum Gasteiger partial charge on any atom is 0.305 e. The van der Waals surface area contributed by atoms with Crippen LogP contribution in [0.3, 0.4) is 0 Å². The minimum Gasteiger partial charge on any atom is -0.481 e. The molecule has 2 aromatic carbocycles. The van der Waals surface area contributed by atoms with Crippen LogP contribution in [0.2, 0.25) is 0 Å². The van der Waals surface area contributed by atoms with E-state index >= 15 is 4.39 Å². The molecule has 1 fully saturated rings. The number of carbonyl (C=O) groups is 3. The van der Waals surface area contributed by atoms with Gasteiger partial charge in [0.25, 0.3) is 11.5 Å². The highest BCUT2D eigenvalue weighted by Crippen LogP contribution is 2.33. The number of amides is 2. The summed E-state index contributed by atoms with van der Waals surface area (Å²) < 4.78 is 31.6. The van der Waals surface area contributed by atoms with Crippen molar-refractivity contribution in [1.29, 1.82) is 0 Å². The molecule has 42 heavy (non-hydrogen) atoms. The molecule has 1 aliphatic carbocycles. The summed E-state index contributed by atoms with van der Waals surface area (Å²) in [7, 11) is 0. The predicted octanol–water partition coefficient (Wildman–Crippen LogP) is 5.37. The van der Waals surface area contributed by atoms with Crippen LogP contribution in [0.25, 0.3) is 11.1 Å². The van der Waals surface area contributed by atoms with E-state index in [1.54, 1.807) is 19.2 Å². The van der Waals surface area contributed by atoms with E-state index in [9.17, 15) is 28.7 Å². The maximum atomic E-state index is 15.2. The third-order valence-electron chi connectivity index (χ3n) is 7.78. The number of hydrogen-bond acceptors (Lipinski definition) is 4. The second-order valence-corrected chi connectivity index (χ2v) is 10.8. The van der Waals surface area contributed by atoms with Gasteiger partial charge in [-0.1, -0.05) is 31.5 Å². The maximum absolute atomic E-state index is 15.2. The van der Waals surface area contributed by atoms with Crippen LogP contribution in [-0.4, -0.2) is 33.5 Å². The van der Waals surface area contributed by atoms with Crippen molar-refractivity contribution < 1.29 is 28.3 Å². The molecule has 1 aliphatic rings. The van der Waals surface area contributed by atoms with Gasteiger partial charge in [0.2, 0.25) is 5.91 Å². The molecule has 2 atom stereocenters. The Balaban J connectivity index is 1.63. The van der Waals surface area contributed by atoms with Crippen LogP contribution < -0.4 is 16.2 Å². The van der Waals surface area contributed by atoms with Gasteiger partial charge < -0.3 is 20.3 Å². The number of benzene rings is 2. The van der Waals surface area contributed by atoms with E-state index in [1.807, 2.05) is 32.0 Å². The fourth-order valence-corrected chi connectivity index (χ4v) is 5.39. The molecule has 8 nitrogen and oxygen atoms in total.